The van der Waals surface area contributed by atoms with E-state index in [1.807, 2.05) is 49.4 Å². The number of rotatable bonds is 4. The van der Waals surface area contributed by atoms with E-state index in [2.05, 4.69) is 5.32 Å². The number of carbonyl (C=O) groups excluding carboxylic acids is 3. The SMILES string of the molecule is Cc1ccc(C(=O)[C@H]2[C@H](C(=O)c3ccccc3)[C@]23C(=O)Nc2ccccc23)cc1. The fourth-order valence-corrected chi connectivity index (χ4v) is 4.70. The molecule has 0 aromatic heterocycles. The fourth-order valence-electron chi connectivity index (χ4n) is 4.70. The predicted octanol–water partition coefficient (Wildman–Crippen LogP) is 4.20. The molecule has 3 aromatic carbocycles. The first-order valence-electron chi connectivity index (χ1n) is 9.66. The van der Waals surface area contributed by atoms with Gasteiger partial charge in [-0.05, 0) is 18.6 Å². The third-order valence-electron chi connectivity index (χ3n) is 6.16. The molecule has 2 aliphatic rings. The molecule has 0 bridgehead atoms. The Balaban J connectivity index is 1.64. The molecule has 142 valence electrons. The third kappa shape index (κ3) is 2.42. The number of benzene rings is 3. The molecular weight excluding hydrogens is 362 g/mol. The highest BCUT2D eigenvalue weighted by Gasteiger charge is 2.78. The van der Waals surface area contributed by atoms with Gasteiger partial charge >= 0.3 is 0 Å². The van der Waals surface area contributed by atoms with Gasteiger partial charge in [0.25, 0.3) is 0 Å². The molecule has 1 fully saturated rings. The minimum atomic E-state index is -1.13. The summed E-state index contributed by atoms with van der Waals surface area (Å²) in [6.45, 7) is 1.95. The second-order valence-electron chi connectivity index (χ2n) is 7.78. The van der Waals surface area contributed by atoms with Gasteiger partial charge in [0.2, 0.25) is 5.91 Å². The Morgan fingerprint density at radius 2 is 1.31 bits per heavy atom. The highest BCUT2D eigenvalue weighted by atomic mass is 16.2. The van der Waals surface area contributed by atoms with Crippen molar-refractivity contribution in [1.29, 1.82) is 0 Å². The van der Waals surface area contributed by atoms with Crippen LogP contribution in [0.15, 0.2) is 78.9 Å². The van der Waals surface area contributed by atoms with Crippen LogP contribution >= 0.6 is 0 Å². The van der Waals surface area contributed by atoms with Crippen LogP contribution < -0.4 is 5.32 Å². The number of hydrogen-bond donors (Lipinski definition) is 1. The predicted molar refractivity (Wildman–Crippen MR) is 110 cm³/mol. The molecule has 3 atom stereocenters. The zero-order chi connectivity index (χ0) is 20.2. The number of para-hydroxylation sites is 1. The van der Waals surface area contributed by atoms with Crippen molar-refractivity contribution >= 4 is 23.2 Å². The second-order valence-corrected chi connectivity index (χ2v) is 7.78. The minimum Gasteiger partial charge on any atom is -0.325 e. The summed E-state index contributed by atoms with van der Waals surface area (Å²) in [6.07, 6.45) is 0. The number of ketones is 2. The summed E-state index contributed by atoms with van der Waals surface area (Å²) in [7, 11) is 0. The summed E-state index contributed by atoms with van der Waals surface area (Å²) in [6, 6.07) is 23.5. The topological polar surface area (TPSA) is 63.2 Å². The van der Waals surface area contributed by atoms with Crippen molar-refractivity contribution in [3.8, 4) is 0 Å². The maximum Gasteiger partial charge on any atom is 0.236 e. The number of anilines is 1. The van der Waals surface area contributed by atoms with Crippen molar-refractivity contribution in [2.45, 2.75) is 12.3 Å². The normalized spacial score (nSPS) is 24.1. The van der Waals surface area contributed by atoms with Gasteiger partial charge in [-0.25, -0.2) is 0 Å². The largest absolute Gasteiger partial charge is 0.325 e. The number of amides is 1. The number of Topliss-reactive ketones (excluding diaryl/α,β-unsaturated/α-hetero) is 2. The van der Waals surface area contributed by atoms with Gasteiger partial charge < -0.3 is 5.32 Å². The third-order valence-corrected chi connectivity index (χ3v) is 6.16. The summed E-state index contributed by atoms with van der Waals surface area (Å²) < 4.78 is 0. The highest BCUT2D eigenvalue weighted by molar-refractivity contribution is 6.22. The van der Waals surface area contributed by atoms with E-state index >= 15 is 0 Å². The fraction of sp³-hybridized carbons (Fsp3) is 0.160. The van der Waals surface area contributed by atoms with Gasteiger partial charge in [-0.3, -0.25) is 14.4 Å². The first kappa shape index (κ1) is 17.6. The van der Waals surface area contributed by atoms with Crippen LogP contribution in [-0.2, 0) is 10.2 Å². The van der Waals surface area contributed by atoms with E-state index in [-0.39, 0.29) is 17.5 Å². The quantitative estimate of drug-likeness (QED) is 0.689. The highest BCUT2D eigenvalue weighted by Crippen LogP contribution is 2.66. The maximum atomic E-state index is 13.4. The smallest absolute Gasteiger partial charge is 0.236 e. The van der Waals surface area contributed by atoms with E-state index in [4.69, 9.17) is 0 Å². The molecule has 0 saturated heterocycles. The Kier molecular flexibility index (Phi) is 3.78. The van der Waals surface area contributed by atoms with E-state index in [0.29, 0.717) is 16.8 Å². The van der Waals surface area contributed by atoms with E-state index in [9.17, 15) is 14.4 Å². The molecule has 1 amide bonds. The van der Waals surface area contributed by atoms with Gasteiger partial charge in [0.05, 0.1) is 17.3 Å². The Morgan fingerprint density at radius 3 is 1.97 bits per heavy atom. The molecule has 4 nitrogen and oxygen atoms in total. The number of hydrogen-bond acceptors (Lipinski definition) is 3. The average molecular weight is 381 g/mol. The van der Waals surface area contributed by atoms with Gasteiger partial charge in [-0.1, -0.05) is 78.4 Å². The Morgan fingerprint density at radius 1 is 0.759 bits per heavy atom. The monoisotopic (exact) mass is 381 g/mol. The standard InChI is InChI=1S/C25H19NO3/c1-15-11-13-17(14-12-15)23(28)21-20(22(27)16-7-3-2-4-8-16)25(21)18-9-5-6-10-19(18)26-24(25)29/h2-14,20-21H,1H3,(H,26,29)/t20-,21-,25+/m1/s1. The lowest BCUT2D eigenvalue weighted by atomic mass is 9.90. The minimum absolute atomic E-state index is 0.161. The van der Waals surface area contributed by atoms with Gasteiger partial charge in [-0.2, -0.15) is 0 Å². The van der Waals surface area contributed by atoms with E-state index in [1.165, 1.54) is 0 Å². The summed E-state index contributed by atoms with van der Waals surface area (Å²) >= 11 is 0. The summed E-state index contributed by atoms with van der Waals surface area (Å²) in [5.41, 5.74) is 2.39. The number of nitrogens with one attached hydrogen (secondary N) is 1. The molecule has 1 spiro atoms. The van der Waals surface area contributed by atoms with Crippen molar-refractivity contribution in [3.63, 3.8) is 0 Å². The van der Waals surface area contributed by atoms with Crippen LogP contribution in [0.1, 0.15) is 31.8 Å². The molecule has 5 rings (SSSR count). The van der Waals surface area contributed by atoms with E-state index < -0.39 is 17.3 Å². The zero-order valence-corrected chi connectivity index (χ0v) is 15.9. The van der Waals surface area contributed by atoms with Crippen molar-refractivity contribution in [2.24, 2.45) is 11.8 Å². The Hall–Kier alpha value is -3.53. The number of carbonyl (C=O) groups is 3. The lowest BCUT2D eigenvalue weighted by molar-refractivity contribution is -0.118. The van der Waals surface area contributed by atoms with Crippen molar-refractivity contribution in [3.05, 3.63) is 101 Å². The summed E-state index contributed by atoms with van der Waals surface area (Å²) in [5, 5.41) is 2.89. The summed E-state index contributed by atoms with van der Waals surface area (Å²) in [4.78, 5) is 40.0. The van der Waals surface area contributed by atoms with Crippen LogP contribution in [0.2, 0.25) is 0 Å². The molecule has 0 unspecified atom stereocenters. The van der Waals surface area contributed by atoms with Gasteiger partial charge in [0.15, 0.2) is 11.6 Å². The van der Waals surface area contributed by atoms with Crippen LogP contribution in [-0.4, -0.2) is 17.5 Å². The van der Waals surface area contributed by atoms with Crippen molar-refractivity contribution in [1.82, 2.24) is 0 Å². The Bertz CT molecular complexity index is 1150. The lowest BCUT2D eigenvalue weighted by Crippen LogP contribution is -2.26. The second kappa shape index (κ2) is 6.24. The molecule has 1 heterocycles. The van der Waals surface area contributed by atoms with E-state index in [1.54, 1.807) is 36.4 Å². The molecule has 29 heavy (non-hydrogen) atoms. The molecule has 1 saturated carbocycles. The van der Waals surface area contributed by atoms with Gasteiger partial charge in [-0.15, -0.1) is 0 Å². The van der Waals surface area contributed by atoms with Crippen LogP contribution in [0, 0.1) is 18.8 Å². The van der Waals surface area contributed by atoms with Crippen LogP contribution in [0.5, 0.6) is 0 Å². The van der Waals surface area contributed by atoms with Gasteiger partial charge in [0.1, 0.15) is 0 Å². The van der Waals surface area contributed by atoms with Crippen molar-refractivity contribution < 1.29 is 14.4 Å². The average Bonchev–Trinajstić information content (AvgIpc) is 3.36. The number of fused-ring (bicyclic) bond motifs is 2. The molecule has 1 aliphatic carbocycles. The molecule has 1 aliphatic heterocycles. The first-order valence-corrected chi connectivity index (χ1v) is 9.66. The molecule has 4 heteroatoms. The lowest BCUT2D eigenvalue weighted by Gasteiger charge is -2.09. The maximum absolute atomic E-state index is 13.4. The molecule has 3 aromatic rings. The Labute approximate surface area is 168 Å². The zero-order valence-electron chi connectivity index (χ0n) is 15.9. The first-order chi connectivity index (χ1) is 14.0. The van der Waals surface area contributed by atoms with Crippen LogP contribution in [0.3, 0.4) is 0 Å². The molecule has 0 radical (unpaired) electrons. The molecule has 1 N–H and O–H groups in total. The summed E-state index contributed by atoms with van der Waals surface area (Å²) in [5.74, 6) is -2.00. The van der Waals surface area contributed by atoms with E-state index in [0.717, 1.165) is 11.1 Å². The van der Waals surface area contributed by atoms with Crippen LogP contribution in [0.25, 0.3) is 0 Å². The van der Waals surface area contributed by atoms with Crippen molar-refractivity contribution in [2.75, 3.05) is 5.32 Å². The van der Waals surface area contributed by atoms with Gasteiger partial charge in [0, 0.05) is 16.8 Å². The van der Waals surface area contributed by atoms with Crippen LogP contribution in [0.4, 0.5) is 5.69 Å². The number of aryl methyl sites for hydroxylation is 1. The molecular formula is C25H19NO3.